The number of ether oxygens (including phenoxy) is 1. The maximum atomic E-state index is 12.5. The Bertz CT molecular complexity index is 835. The van der Waals surface area contributed by atoms with E-state index >= 15 is 0 Å². The predicted molar refractivity (Wildman–Crippen MR) is 101 cm³/mol. The smallest absolute Gasteiger partial charge is 0.265 e. The van der Waals surface area contributed by atoms with Gasteiger partial charge in [0.1, 0.15) is 12.3 Å². The summed E-state index contributed by atoms with van der Waals surface area (Å²) in [7, 11) is 0. The number of aryl methyl sites for hydroxylation is 1. The number of nitrogens with one attached hydrogen (secondary N) is 1. The van der Waals surface area contributed by atoms with Crippen molar-refractivity contribution in [3.63, 3.8) is 0 Å². The van der Waals surface area contributed by atoms with Crippen molar-refractivity contribution in [2.75, 3.05) is 23.4 Å². The fourth-order valence-electron chi connectivity index (χ4n) is 2.91. The van der Waals surface area contributed by atoms with Gasteiger partial charge in [0.05, 0.1) is 5.69 Å². The maximum absolute atomic E-state index is 12.5. The van der Waals surface area contributed by atoms with Gasteiger partial charge in [0.25, 0.3) is 5.91 Å². The molecule has 0 saturated carbocycles. The number of hydrogen-bond acceptors (Lipinski definition) is 4. The zero-order valence-electron chi connectivity index (χ0n) is 15.0. The molecule has 3 rings (SSSR count). The third-order valence-corrected chi connectivity index (χ3v) is 4.51. The first-order valence-corrected chi connectivity index (χ1v) is 8.67. The van der Waals surface area contributed by atoms with Gasteiger partial charge in [-0.1, -0.05) is 31.2 Å². The quantitative estimate of drug-likeness (QED) is 0.866. The average Bonchev–Trinajstić information content (AvgIpc) is 2.65. The van der Waals surface area contributed by atoms with Gasteiger partial charge in [-0.25, -0.2) is 0 Å². The highest BCUT2D eigenvalue weighted by atomic mass is 16.5. The first-order valence-electron chi connectivity index (χ1n) is 8.67. The third kappa shape index (κ3) is 3.70. The van der Waals surface area contributed by atoms with Crippen LogP contribution in [0.4, 0.5) is 11.4 Å². The van der Waals surface area contributed by atoms with Crippen LogP contribution in [0.15, 0.2) is 42.5 Å². The van der Waals surface area contributed by atoms with Crippen molar-refractivity contribution in [2.45, 2.75) is 26.3 Å². The van der Waals surface area contributed by atoms with E-state index in [-0.39, 0.29) is 31.0 Å². The molecule has 1 aliphatic heterocycles. The molecule has 1 heterocycles. The van der Waals surface area contributed by atoms with E-state index in [2.05, 4.69) is 5.32 Å². The summed E-state index contributed by atoms with van der Waals surface area (Å²) in [4.78, 5) is 26.3. The SMILES string of the molecule is CCC(N)c1ccc2c(c1)N(CC(=O)Nc1ccccc1C)C(=O)CO2. The van der Waals surface area contributed by atoms with Gasteiger partial charge in [-0.15, -0.1) is 0 Å². The maximum Gasteiger partial charge on any atom is 0.265 e. The molecule has 1 unspecified atom stereocenters. The van der Waals surface area contributed by atoms with Crippen LogP contribution in [0.1, 0.15) is 30.5 Å². The van der Waals surface area contributed by atoms with E-state index in [0.717, 1.165) is 23.2 Å². The van der Waals surface area contributed by atoms with Gasteiger partial charge >= 0.3 is 0 Å². The van der Waals surface area contributed by atoms with Gasteiger partial charge in [0, 0.05) is 11.7 Å². The van der Waals surface area contributed by atoms with Crippen molar-refractivity contribution in [3.05, 3.63) is 53.6 Å². The van der Waals surface area contributed by atoms with Crippen LogP contribution < -0.4 is 20.7 Å². The monoisotopic (exact) mass is 353 g/mol. The largest absolute Gasteiger partial charge is 0.482 e. The van der Waals surface area contributed by atoms with Crippen molar-refractivity contribution in [1.82, 2.24) is 0 Å². The molecule has 26 heavy (non-hydrogen) atoms. The molecule has 0 spiro atoms. The number of nitrogens with two attached hydrogens (primary N) is 1. The van der Waals surface area contributed by atoms with Crippen LogP contribution in [0.5, 0.6) is 5.75 Å². The Morgan fingerprint density at radius 2 is 2.08 bits per heavy atom. The van der Waals surface area contributed by atoms with Gasteiger partial charge in [0.2, 0.25) is 5.91 Å². The Kier molecular flexibility index (Phi) is 5.23. The third-order valence-electron chi connectivity index (χ3n) is 4.51. The summed E-state index contributed by atoms with van der Waals surface area (Å²) in [6.45, 7) is 3.76. The molecule has 0 bridgehead atoms. The predicted octanol–water partition coefficient (Wildman–Crippen LogP) is 2.77. The lowest BCUT2D eigenvalue weighted by Crippen LogP contribution is -2.43. The first-order chi connectivity index (χ1) is 12.5. The highest BCUT2D eigenvalue weighted by Crippen LogP contribution is 2.34. The standard InChI is InChI=1S/C20H23N3O3/c1-3-15(21)14-8-9-18-17(10-14)23(20(25)12-26-18)11-19(24)22-16-7-5-4-6-13(16)2/h4-10,15H,3,11-12,21H2,1-2H3,(H,22,24). The lowest BCUT2D eigenvalue weighted by atomic mass is 10.0. The lowest BCUT2D eigenvalue weighted by Gasteiger charge is -2.30. The molecule has 2 amide bonds. The van der Waals surface area contributed by atoms with E-state index in [1.807, 2.05) is 50.2 Å². The minimum atomic E-state index is -0.259. The fraction of sp³-hybridized carbons (Fsp3) is 0.300. The molecule has 1 aliphatic rings. The van der Waals surface area contributed by atoms with Crippen molar-refractivity contribution in [3.8, 4) is 5.75 Å². The van der Waals surface area contributed by atoms with E-state index in [1.165, 1.54) is 4.90 Å². The first kappa shape index (κ1) is 17.9. The van der Waals surface area contributed by atoms with Crippen LogP contribution in [0.25, 0.3) is 0 Å². The van der Waals surface area contributed by atoms with E-state index in [4.69, 9.17) is 10.5 Å². The molecular formula is C20H23N3O3. The summed E-state index contributed by atoms with van der Waals surface area (Å²) in [5, 5.41) is 2.86. The minimum absolute atomic E-state index is 0.0751. The molecule has 0 fully saturated rings. The number of amides is 2. The van der Waals surface area contributed by atoms with E-state index in [0.29, 0.717) is 11.4 Å². The number of carbonyl (C=O) groups excluding carboxylic acids is 2. The Morgan fingerprint density at radius 3 is 2.81 bits per heavy atom. The minimum Gasteiger partial charge on any atom is -0.482 e. The van der Waals surface area contributed by atoms with Crippen LogP contribution in [0.3, 0.4) is 0 Å². The Morgan fingerprint density at radius 1 is 1.31 bits per heavy atom. The molecule has 3 N–H and O–H groups in total. The van der Waals surface area contributed by atoms with Crippen LogP contribution in [-0.2, 0) is 9.59 Å². The molecule has 1 atom stereocenters. The number of para-hydroxylation sites is 1. The molecule has 0 aromatic heterocycles. The second-order valence-corrected chi connectivity index (χ2v) is 6.37. The van der Waals surface area contributed by atoms with Gasteiger partial charge in [0.15, 0.2) is 6.61 Å². The number of rotatable bonds is 5. The molecule has 6 heteroatoms. The van der Waals surface area contributed by atoms with Gasteiger partial charge in [-0.05, 0) is 42.7 Å². The van der Waals surface area contributed by atoms with Crippen LogP contribution in [0, 0.1) is 6.92 Å². The average molecular weight is 353 g/mol. The zero-order chi connectivity index (χ0) is 18.7. The number of anilines is 2. The topological polar surface area (TPSA) is 84.7 Å². The van der Waals surface area contributed by atoms with Gasteiger partial charge < -0.3 is 15.8 Å². The second-order valence-electron chi connectivity index (χ2n) is 6.37. The summed E-state index contributed by atoms with van der Waals surface area (Å²) in [5.74, 6) is 0.0747. The Balaban J connectivity index is 1.82. The molecular weight excluding hydrogens is 330 g/mol. The van der Waals surface area contributed by atoms with Gasteiger partial charge in [-0.3, -0.25) is 14.5 Å². The van der Waals surface area contributed by atoms with Crippen molar-refractivity contribution < 1.29 is 14.3 Å². The molecule has 0 saturated heterocycles. The summed E-state index contributed by atoms with van der Waals surface area (Å²) in [6, 6.07) is 12.9. The summed E-state index contributed by atoms with van der Waals surface area (Å²) in [6.07, 6.45) is 0.779. The summed E-state index contributed by atoms with van der Waals surface area (Å²) in [5.41, 5.74) is 9.30. The highest BCUT2D eigenvalue weighted by molar-refractivity contribution is 6.05. The number of fused-ring (bicyclic) bond motifs is 1. The summed E-state index contributed by atoms with van der Waals surface area (Å²) < 4.78 is 5.49. The van der Waals surface area contributed by atoms with Crippen LogP contribution >= 0.6 is 0 Å². The van der Waals surface area contributed by atoms with Crippen LogP contribution in [0.2, 0.25) is 0 Å². The zero-order valence-corrected chi connectivity index (χ0v) is 15.0. The lowest BCUT2D eigenvalue weighted by molar-refractivity contribution is -0.123. The summed E-state index contributed by atoms with van der Waals surface area (Å²) >= 11 is 0. The Labute approximate surface area is 152 Å². The molecule has 0 aliphatic carbocycles. The molecule has 0 radical (unpaired) electrons. The van der Waals surface area contributed by atoms with Crippen molar-refractivity contribution in [1.29, 1.82) is 0 Å². The Hall–Kier alpha value is -2.86. The number of nitrogens with zero attached hydrogens (tertiary/aromatic N) is 1. The van der Waals surface area contributed by atoms with Crippen molar-refractivity contribution in [2.24, 2.45) is 5.73 Å². The normalized spacial score (nSPS) is 14.4. The fourth-order valence-corrected chi connectivity index (χ4v) is 2.91. The molecule has 2 aromatic rings. The van der Waals surface area contributed by atoms with Crippen molar-refractivity contribution >= 4 is 23.2 Å². The molecule has 2 aromatic carbocycles. The molecule has 6 nitrogen and oxygen atoms in total. The van der Waals surface area contributed by atoms with E-state index in [1.54, 1.807) is 6.07 Å². The molecule has 136 valence electrons. The van der Waals surface area contributed by atoms with E-state index in [9.17, 15) is 9.59 Å². The van der Waals surface area contributed by atoms with Gasteiger partial charge in [-0.2, -0.15) is 0 Å². The highest BCUT2D eigenvalue weighted by Gasteiger charge is 2.28. The second kappa shape index (κ2) is 7.58. The van der Waals surface area contributed by atoms with E-state index < -0.39 is 0 Å². The van der Waals surface area contributed by atoms with Crippen LogP contribution in [-0.4, -0.2) is 25.0 Å². The number of benzene rings is 2. The number of carbonyl (C=O) groups is 2. The number of hydrogen-bond donors (Lipinski definition) is 2.